The number of carboxylic acid groups (broad SMARTS) is 1. The maximum Gasteiger partial charge on any atom is 0.361 e. The lowest BCUT2D eigenvalue weighted by Crippen LogP contribution is -2.40. The highest BCUT2D eigenvalue weighted by Gasteiger charge is 2.25. The van der Waals surface area contributed by atoms with Crippen LogP contribution in [-0.4, -0.2) is 87.4 Å². The zero-order chi connectivity index (χ0) is 47.7. The summed E-state index contributed by atoms with van der Waals surface area (Å²) in [5, 5.41) is 9.66. The maximum atomic E-state index is 12.8. The number of ether oxygens (including phenoxy) is 4. The molecule has 65 heavy (non-hydrogen) atoms. The Morgan fingerprint density at radius 2 is 0.877 bits per heavy atom. The smallest absolute Gasteiger partial charge is 0.361 e. The fourth-order valence-electron chi connectivity index (χ4n) is 6.90. The first kappa shape index (κ1) is 61.7. The SMILES string of the molecule is CC/C=C\C/C=C\C/C=C\C/C=C\C/C=C\CCCCCCCCCCCCCCCC(=O)OC(COC(=O)CCCCCCC/C=C\CCCC)COC(OCC[N+](C)(C)C)C(=O)O. The Morgan fingerprint density at radius 3 is 1.32 bits per heavy atom. The first-order valence-corrected chi connectivity index (χ1v) is 26.1. The van der Waals surface area contributed by atoms with Crippen LogP contribution >= 0.6 is 0 Å². The van der Waals surface area contributed by atoms with E-state index < -0.39 is 24.3 Å². The predicted molar refractivity (Wildman–Crippen MR) is 272 cm³/mol. The van der Waals surface area contributed by atoms with Gasteiger partial charge in [-0.25, -0.2) is 4.79 Å². The Balaban J connectivity index is 4.19. The van der Waals surface area contributed by atoms with Gasteiger partial charge in [-0.1, -0.05) is 189 Å². The Kier molecular flexibility index (Phi) is 44.9. The number of hydrogen-bond donors (Lipinski definition) is 1. The lowest BCUT2D eigenvalue weighted by Gasteiger charge is -2.25. The molecule has 0 aromatic rings. The van der Waals surface area contributed by atoms with E-state index in [0.717, 1.165) is 89.9 Å². The van der Waals surface area contributed by atoms with Gasteiger partial charge in [0, 0.05) is 12.8 Å². The molecular weight excluding hydrogens is 815 g/mol. The van der Waals surface area contributed by atoms with Crippen LogP contribution in [0.3, 0.4) is 0 Å². The summed E-state index contributed by atoms with van der Waals surface area (Å²) in [5.41, 5.74) is 0. The van der Waals surface area contributed by atoms with Gasteiger partial charge in [0.25, 0.3) is 6.29 Å². The second kappa shape index (κ2) is 47.2. The minimum Gasteiger partial charge on any atom is -0.477 e. The number of carbonyl (C=O) groups excluding carboxylic acids is 2. The minimum atomic E-state index is -1.51. The van der Waals surface area contributed by atoms with Crippen molar-refractivity contribution < 1.29 is 42.9 Å². The van der Waals surface area contributed by atoms with Crippen LogP contribution in [0.4, 0.5) is 0 Å². The summed E-state index contributed by atoms with van der Waals surface area (Å²) in [5.74, 6) is -2.02. The van der Waals surface area contributed by atoms with Gasteiger partial charge >= 0.3 is 17.9 Å². The molecule has 0 radical (unpaired) electrons. The molecule has 0 aliphatic heterocycles. The normalized spacial score (nSPS) is 13.4. The van der Waals surface area contributed by atoms with E-state index in [2.05, 4.69) is 86.8 Å². The molecule has 2 atom stereocenters. The van der Waals surface area contributed by atoms with E-state index in [9.17, 15) is 19.5 Å². The second-order valence-electron chi connectivity index (χ2n) is 18.4. The van der Waals surface area contributed by atoms with Gasteiger partial charge < -0.3 is 28.5 Å². The van der Waals surface area contributed by atoms with Gasteiger partial charge in [0.2, 0.25) is 0 Å². The molecule has 9 nitrogen and oxygen atoms in total. The van der Waals surface area contributed by atoms with Crippen molar-refractivity contribution >= 4 is 17.9 Å². The number of nitrogens with zero attached hydrogens (tertiary/aromatic N) is 1. The fourth-order valence-corrected chi connectivity index (χ4v) is 6.90. The zero-order valence-electron chi connectivity index (χ0n) is 42.4. The van der Waals surface area contributed by atoms with Gasteiger partial charge in [-0.3, -0.25) is 9.59 Å². The third-order valence-corrected chi connectivity index (χ3v) is 10.9. The standard InChI is InChI=1S/C56H97NO8/c1-6-8-10-12-14-16-18-19-20-21-22-23-24-25-26-27-28-29-30-31-32-33-34-35-37-39-41-43-45-47-54(59)65-52(51-64-56(55(60)61)62-49-48-57(3,4)5)50-63-53(58)46-44-42-40-38-36-17-15-13-11-9-7-2/h8,10,13-16,19-20,22-23,25-26,52,56H,6-7,9,11-12,17-18,21,24,27-51H2,1-5H3/p+1/b10-8-,15-13-,16-14-,20-19-,23-22-,26-25-. The van der Waals surface area contributed by atoms with Crippen molar-refractivity contribution in [1.29, 1.82) is 0 Å². The minimum absolute atomic E-state index is 0.184. The van der Waals surface area contributed by atoms with Gasteiger partial charge in [-0.05, 0) is 77.0 Å². The topological polar surface area (TPSA) is 108 Å². The van der Waals surface area contributed by atoms with Crippen LogP contribution in [0, 0.1) is 0 Å². The average Bonchev–Trinajstić information content (AvgIpc) is 3.27. The Hall–Kier alpha value is -3.27. The second-order valence-corrected chi connectivity index (χ2v) is 18.4. The Morgan fingerprint density at radius 1 is 0.477 bits per heavy atom. The number of likely N-dealkylation sites (N-methyl/N-ethyl adjacent to an activating group) is 1. The summed E-state index contributed by atoms with van der Waals surface area (Å²) in [6, 6.07) is 0. The third-order valence-electron chi connectivity index (χ3n) is 10.9. The summed E-state index contributed by atoms with van der Waals surface area (Å²) in [4.78, 5) is 37.2. The molecule has 0 saturated carbocycles. The molecule has 0 heterocycles. The third kappa shape index (κ3) is 48.5. The van der Waals surface area contributed by atoms with Crippen LogP contribution in [-0.2, 0) is 33.3 Å². The number of carbonyl (C=O) groups is 3. The van der Waals surface area contributed by atoms with E-state index in [1.54, 1.807) is 0 Å². The van der Waals surface area contributed by atoms with Crippen LogP contribution in [0.1, 0.15) is 206 Å². The number of quaternary nitrogens is 1. The van der Waals surface area contributed by atoms with Crippen molar-refractivity contribution in [2.75, 3.05) is 47.5 Å². The summed E-state index contributed by atoms with van der Waals surface area (Å²) >= 11 is 0. The van der Waals surface area contributed by atoms with E-state index in [1.807, 2.05) is 21.1 Å². The van der Waals surface area contributed by atoms with E-state index in [0.29, 0.717) is 17.4 Å². The zero-order valence-corrected chi connectivity index (χ0v) is 42.4. The molecule has 0 aromatic heterocycles. The number of unbranched alkanes of at least 4 members (excludes halogenated alkanes) is 20. The molecule has 0 aromatic carbocycles. The van der Waals surface area contributed by atoms with Gasteiger partial charge in [-0.2, -0.15) is 0 Å². The molecule has 0 fully saturated rings. The molecule has 374 valence electrons. The lowest BCUT2D eigenvalue weighted by molar-refractivity contribution is -0.870. The summed E-state index contributed by atoms with van der Waals surface area (Å²) in [7, 11) is 5.95. The molecule has 9 heteroatoms. The molecule has 0 bridgehead atoms. The van der Waals surface area contributed by atoms with Crippen molar-refractivity contribution in [3.05, 3.63) is 72.9 Å². The Bertz CT molecular complexity index is 1290. The number of carboxylic acids is 1. The molecule has 0 spiro atoms. The summed E-state index contributed by atoms with van der Waals surface area (Å²) in [6.07, 6.45) is 56.9. The first-order chi connectivity index (χ1) is 31.6. The highest BCUT2D eigenvalue weighted by Crippen LogP contribution is 2.15. The van der Waals surface area contributed by atoms with Gasteiger partial charge in [0.05, 0.1) is 34.4 Å². The van der Waals surface area contributed by atoms with E-state index in [4.69, 9.17) is 18.9 Å². The quantitative estimate of drug-likeness (QED) is 0.0211. The number of allylic oxidation sites excluding steroid dienone is 12. The van der Waals surface area contributed by atoms with Crippen molar-refractivity contribution in [2.45, 2.75) is 219 Å². The van der Waals surface area contributed by atoms with Crippen molar-refractivity contribution in [2.24, 2.45) is 0 Å². The number of esters is 2. The molecular formula is C56H98NO8+. The summed E-state index contributed by atoms with van der Waals surface area (Å²) < 4.78 is 22.8. The molecule has 0 aliphatic rings. The number of aliphatic carboxylic acids is 1. The maximum absolute atomic E-state index is 12.8. The predicted octanol–water partition coefficient (Wildman–Crippen LogP) is 14.7. The monoisotopic (exact) mass is 913 g/mol. The molecule has 0 rings (SSSR count). The van der Waals surface area contributed by atoms with Gasteiger partial charge in [0.1, 0.15) is 13.2 Å². The molecule has 1 N–H and O–H groups in total. The number of rotatable bonds is 47. The van der Waals surface area contributed by atoms with E-state index in [1.165, 1.54) is 83.5 Å². The van der Waals surface area contributed by atoms with Crippen molar-refractivity contribution in [1.82, 2.24) is 0 Å². The first-order valence-electron chi connectivity index (χ1n) is 26.1. The van der Waals surface area contributed by atoms with Crippen molar-refractivity contribution in [3.63, 3.8) is 0 Å². The molecule has 2 unspecified atom stereocenters. The van der Waals surface area contributed by atoms with Crippen LogP contribution in [0.5, 0.6) is 0 Å². The fraction of sp³-hybridized carbons (Fsp3) is 0.732. The number of hydrogen-bond acceptors (Lipinski definition) is 7. The van der Waals surface area contributed by atoms with Crippen molar-refractivity contribution in [3.8, 4) is 0 Å². The molecule has 0 aliphatic carbocycles. The van der Waals surface area contributed by atoms with Gasteiger partial charge in [0.15, 0.2) is 6.10 Å². The van der Waals surface area contributed by atoms with Crippen LogP contribution < -0.4 is 0 Å². The van der Waals surface area contributed by atoms with E-state index >= 15 is 0 Å². The van der Waals surface area contributed by atoms with Crippen LogP contribution in [0.15, 0.2) is 72.9 Å². The Labute approximate surface area is 398 Å². The average molecular weight is 913 g/mol. The highest BCUT2D eigenvalue weighted by atomic mass is 16.7. The molecule has 0 saturated heterocycles. The van der Waals surface area contributed by atoms with E-state index in [-0.39, 0.29) is 38.6 Å². The summed E-state index contributed by atoms with van der Waals surface area (Å²) in [6.45, 7) is 4.70. The largest absolute Gasteiger partial charge is 0.477 e. The van der Waals surface area contributed by atoms with Crippen LogP contribution in [0.2, 0.25) is 0 Å². The highest BCUT2D eigenvalue weighted by molar-refractivity contribution is 5.71. The van der Waals surface area contributed by atoms with Crippen LogP contribution in [0.25, 0.3) is 0 Å². The van der Waals surface area contributed by atoms with Gasteiger partial charge in [-0.15, -0.1) is 0 Å². The lowest BCUT2D eigenvalue weighted by atomic mass is 10.0. The molecule has 0 amide bonds.